The number of methoxy groups -OCH3 is 1. The summed E-state index contributed by atoms with van der Waals surface area (Å²) in [6.45, 7) is 0.976. The number of nitrogens with one attached hydrogen (secondary N) is 2. The van der Waals surface area contributed by atoms with E-state index in [0.29, 0.717) is 19.4 Å². The molecular formula is C22H16ClF3N6O4S. The molecule has 4 heterocycles. The Kier molecular flexibility index (Phi) is 6.47. The van der Waals surface area contributed by atoms with Crippen LogP contribution in [0.4, 0.5) is 24.9 Å². The number of nitrogens with zero attached hydrogens (tertiary/aromatic N) is 4. The van der Waals surface area contributed by atoms with E-state index in [0.717, 1.165) is 18.3 Å². The number of hydrogen-bond donors (Lipinski definition) is 2. The quantitative estimate of drug-likeness (QED) is 0.352. The molecule has 0 unspecified atom stereocenters. The summed E-state index contributed by atoms with van der Waals surface area (Å²) >= 11 is 5.84. The van der Waals surface area contributed by atoms with Gasteiger partial charge in [0.1, 0.15) is 5.82 Å². The molecule has 0 saturated carbocycles. The van der Waals surface area contributed by atoms with Crippen LogP contribution in [-0.2, 0) is 14.8 Å². The van der Waals surface area contributed by atoms with Gasteiger partial charge >= 0.3 is 0 Å². The number of aromatic nitrogens is 4. The van der Waals surface area contributed by atoms with Crippen LogP contribution in [0.3, 0.4) is 0 Å². The molecule has 0 aliphatic carbocycles. The topological polar surface area (TPSA) is 128 Å². The molecule has 0 radical (unpaired) electrons. The fraction of sp³-hybridized carbons (Fsp3) is 0.182. The Balaban J connectivity index is 1.53. The number of sulfonamides is 1. The number of fused-ring (bicyclic) bond motifs is 1. The molecule has 37 heavy (non-hydrogen) atoms. The van der Waals surface area contributed by atoms with Gasteiger partial charge in [0.25, 0.3) is 10.0 Å². The molecule has 1 aliphatic rings. The highest BCUT2D eigenvalue weighted by Crippen LogP contribution is 2.35. The van der Waals surface area contributed by atoms with Gasteiger partial charge in [-0.3, -0.25) is 4.72 Å². The van der Waals surface area contributed by atoms with Crippen molar-refractivity contribution in [2.75, 3.05) is 30.4 Å². The predicted molar refractivity (Wildman–Crippen MR) is 127 cm³/mol. The SMILES string of the molecule is COc1ncc(Cl)cc1S(=O)(=O)Nc1ncc(F)c(-c2ccc3nc(NC4COC4)ncc3c2F)c1F. The van der Waals surface area contributed by atoms with Crippen molar-refractivity contribution >= 4 is 44.3 Å². The third-order valence-corrected chi connectivity index (χ3v) is 6.95. The van der Waals surface area contributed by atoms with Gasteiger partial charge in [0.2, 0.25) is 11.8 Å². The third kappa shape index (κ3) is 4.70. The molecule has 4 aromatic rings. The van der Waals surface area contributed by atoms with Crippen LogP contribution in [0.15, 0.2) is 41.7 Å². The predicted octanol–water partition coefficient (Wildman–Crippen LogP) is 3.78. The lowest BCUT2D eigenvalue weighted by Gasteiger charge is -2.26. The number of benzene rings is 1. The van der Waals surface area contributed by atoms with Gasteiger partial charge in [0, 0.05) is 18.0 Å². The summed E-state index contributed by atoms with van der Waals surface area (Å²) in [5, 5.41) is 2.89. The summed E-state index contributed by atoms with van der Waals surface area (Å²) in [5.74, 6) is -4.62. The fourth-order valence-electron chi connectivity index (χ4n) is 3.56. The molecule has 3 aromatic heterocycles. The van der Waals surface area contributed by atoms with Gasteiger partial charge in [-0.15, -0.1) is 0 Å². The number of ether oxygens (including phenoxy) is 2. The van der Waals surface area contributed by atoms with E-state index in [1.165, 1.54) is 19.4 Å². The molecule has 0 atom stereocenters. The zero-order chi connectivity index (χ0) is 26.3. The van der Waals surface area contributed by atoms with E-state index in [4.69, 9.17) is 21.1 Å². The summed E-state index contributed by atoms with van der Waals surface area (Å²) < 4.78 is 83.3. The second-order valence-corrected chi connectivity index (χ2v) is 9.93. The Bertz CT molecular complexity index is 1640. The second-order valence-electron chi connectivity index (χ2n) is 7.84. The third-order valence-electron chi connectivity index (χ3n) is 5.41. The molecule has 10 nitrogen and oxygen atoms in total. The van der Waals surface area contributed by atoms with Crippen LogP contribution in [0, 0.1) is 17.5 Å². The minimum absolute atomic E-state index is 0.0331. The van der Waals surface area contributed by atoms with Crippen molar-refractivity contribution in [3.05, 3.63) is 59.3 Å². The second kappa shape index (κ2) is 9.61. The first-order valence-corrected chi connectivity index (χ1v) is 12.4. The Morgan fingerprint density at radius 3 is 2.57 bits per heavy atom. The molecule has 1 aliphatic heterocycles. The number of hydrogen-bond acceptors (Lipinski definition) is 9. The first kappa shape index (κ1) is 24.9. The number of anilines is 2. The number of rotatable bonds is 7. The maximum atomic E-state index is 15.4. The van der Waals surface area contributed by atoms with Crippen molar-refractivity contribution in [3.8, 4) is 17.0 Å². The van der Waals surface area contributed by atoms with E-state index in [2.05, 4.69) is 25.3 Å². The molecule has 192 valence electrons. The van der Waals surface area contributed by atoms with Gasteiger partial charge in [-0.1, -0.05) is 11.6 Å². The van der Waals surface area contributed by atoms with E-state index in [1.54, 1.807) is 0 Å². The average molecular weight is 553 g/mol. The van der Waals surface area contributed by atoms with Crippen LogP contribution in [0.2, 0.25) is 5.02 Å². The molecule has 5 rings (SSSR count). The molecule has 1 aromatic carbocycles. The number of pyridine rings is 2. The molecule has 0 amide bonds. The van der Waals surface area contributed by atoms with E-state index in [9.17, 15) is 12.8 Å². The van der Waals surface area contributed by atoms with Crippen molar-refractivity contribution in [3.63, 3.8) is 0 Å². The van der Waals surface area contributed by atoms with Crippen molar-refractivity contribution in [1.29, 1.82) is 0 Å². The van der Waals surface area contributed by atoms with Crippen molar-refractivity contribution in [1.82, 2.24) is 19.9 Å². The van der Waals surface area contributed by atoms with E-state index >= 15 is 8.78 Å². The van der Waals surface area contributed by atoms with Crippen molar-refractivity contribution in [2.45, 2.75) is 10.9 Å². The minimum atomic E-state index is -4.55. The monoisotopic (exact) mass is 552 g/mol. The summed E-state index contributed by atoms with van der Waals surface area (Å²) in [4.78, 5) is 15.0. The summed E-state index contributed by atoms with van der Waals surface area (Å²) in [6.07, 6.45) is 2.90. The smallest absolute Gasteiger partial charge is 0.268 e. The van der Waals surface area contributed by atoms with Crippen LogP contribution in [-0.4, -0.2) is 54.7 Å². The summed E-state index contributed by atoms with van der Waals surface area (Å²) in [5.41, 5.74) is -1.13. The first-order chi connectivity index (χ1) is 17.7. The van der Waals surface area contributed by atoms with Crippen molar-refractivity contribution in [2.24, 2.45) is 0 Å². The van der Waals surface area contributed by atoms with Crippen LogP contribution in [0.5, 0.6) is 5.88 Å². The van der Waals surface area contributed by atoms with Crippen LogP contribution >= 0.6 is 11.6 Å². The van der Waals surface area contributed by atoms with E-state index in [-0.39, 0.29) is 33.8 Å². The zero-order valence-electron chi connectivity index (χ0n) is 18.8. The van der Waals surface area contributed by atoms with Crippen molar-refractivity contribution < 1.29 is 31.1 Å². The summed E-state index contributed by atoms with van der Waals surface area (Å²) in [6, 6.07) is 3.56. The molecule has 2 N–H and O–H groups in total. The zero-order valence-corrected chi connectivity index (χ0v) is 20.4. The highest BCUT2D eigenvalue weighted by atomic mass is 35.5. The largest absolute Gasteiger partial charge is 0.480 e. The van der Waals surface area contributed by atoms with Crippen LogP contribution in [0.25, 0.3) is 22.0 Å². The molecule has 1 fully saturated rings. The van der Waals surface area contributed by atoms with Gasteiger partial charge in [0.15, 0.2) is 22.3 Å². The molecule has 0 spiro atoms. The summed E-state index contributed by atoms with van der Waals surface area (Å²) in [7, 11) is -3.37. The fourth-order valence-corrected chi connectivity index (χ4v) is 4.93. The molecular weight excluding hydrogens is 537 g/mol. The van der Waals surface area contributed by atoms with Gasteiger partial charge in [0.05, 0.1) is 54.1 Å². The minimum Gasteiger partial charge on any atom is -0.480 e. The molecule has 0 bridgehead atoms. The van der Waals surface area contributed by atoms with Crippen LogP contribution < -0.4 is 14.8 Å². The lowest BCUT2D eigenvalue weighted by molar-refractivity contribution is 0.0208. The molecule has 15 heteroatoms. The van der Waals surface area contributed by atoms with E-state index in [1.807, 2.05) is 4.72 Å². The Labute approximate surface area is 212 Å². The van der Waals surface area contributed by atoms with Gasteiger partial charge < -0.3 is 14.8 Å². The maximum Gasteiger partial charge on any atom is 0.268 e. The standard InChI is InChI=1S/C22H16ClF3N6O4S/c1-35-21-16(4-10(23)5-28-21)37(33,34)32-20-19(26)17(14(24)7-27-20)12-2-3-15-13(18(12)25)6-29-22(31-15)30-11-8-36-9-11/h2-7,11H,8-9H2,1H3,(H,27,32)(H,29,30,31). The number of halogens is 4. The lowest BCUT2D eigenvalue weighted by Crippen LogP contribution is -2.40. The normalized spacial score (nSPS) is 13.9. The first-order valence-electron chi connectivity index (χ1n) is 10.5. The van der Waals surface area contributed by atoms with Gasteiger partial charge in [-0.25, -0.2) is 41.5 Å². The van der Waals surface area contributed by atoms with Gasteiger partial charge in [-0.2, -0.15) is 0 Å². The van der Waals surface area contributed by atoms with Crippen LogP contribution in [0.1, 0.15) is 0 Å². The van der Waals surface area contributed by atoms with Gasteiger partial charge in [-0.05, 0) is 18.2 Å². The Morgan fingerprint density at radius 1 is 1.08 bits per heavy atom. The molecule has 1 saturated heterocycles. The Hall–Kier alpha value is -3.75. The Morgan fingerprint density at radius 2 is 1.86 bits per heavy atom. The lowest BCUT2D eigenvalue weighted by atomic mass is 10.0. The maximum absolute atomic E-state index is 15.4. The average Bonchev–Trinajstić information content (AvgIpc) is 2.84. The highest BCUT2D eigenvalue weighted by Gasteiger charge is 2.27. The van der Waals surface area contributed by atoms with E-state index < -0.39 is 49.3 Å². The highest BCUT2D eigenvalue weighted by molar-refractivity contribution is 7.92.